The molecule has 2 aromatic rings. The molecule has 0 fully saturated rings. The molecular weight excluding hydrogens is 408 g/mol. The molecule has 2 aromatic heterocycles. The number of esters is 1. The van der Waals surface area contributed by atoms with Gasteiger partial charge in [-0.05, 0) is 6.42 Å². The minimum absolute atomic E-state index is 0.0857. The number of aromatic nitrogens is 4. The lowest BCUT2D eigenvalue weighted by Crippen LogP contribution is -2.36. The summed E-state index contributed by atoms with van der Waals surface area (Å²) in [5.41, 5.74) is -0.305. The zero-order chi connectivity index (χ0) is 21.6. The summed E-state index contributed by atoms with van der Waals surface area (Å²) in [6.07, 6.45) is 1.60. The molecule has 0 atom stereocenters. The van der Waals surface area contributed by atoms with Crippen LogP contribution in [0.25, 0.3) is 0 Å². The molecular formula is C15H20N6O7S. The molecule has 158 valence electrons. The molecule has 0 aliphatic rings. The molecule has 0 spiro atoms. The Labute approximate surface area is 166 Å². The Balaban J connectivity index is 2.23. The number of carbonyl (C=O) groups excluding carboxylic acids is 2. The van der Waals surface area contributed by atoms with Crippen LogP contribution in [0, 0.1) is 0 Å². The zero-order valence-corrected chi connectivity index (χ0v) is 16.9. The summed E-state index contributed by atoms with van der Waals surface area (Å²) in [4.78, 5) is 32.0. The first kappa shape index (κ1) is 21.9. The lowest BCUT2D eigenvalue weighted by Gasteiger charge is -2.10. The second-order valence-electron chi connectivity index (χ2n) is 5.46. The van der Waals surface area contributed by atoms with E-state index >= 15 is 0 Å². The Morgan fingerprint density at radius 2 is 1.79 bits per heavy atom. The zero-order valence-electron chi connectivity index (χ0n) is 16.1. The van der Waals surface area contributed by atoms with Crippen LogP contribution in [0.3, 0.4) is 0 Å². The summed E-state index contributed by atoms with van der Waals surface area (Å²) in [6, 6.07) is 0.193. The summed E-state index contributed by atoms with van der Waals surface area (Å²) in [5.74, 6) is -0.965. The van der Waals surface area contributed by atoms with E-state index in [1.54, 1.807) is 11.6 Å². The minimum atomic E-state index is -4.48. The van der Waals surface area contributed by atoms with Crippen LogP contribution in [0.15, 0.2) is 17.3 Å². The van der Waals surface area contributed by atoms with E-state index < -0.39 is 27.0 Å². The normalized spacial score (nSPS) is 10.9. The van der Waals surface area contributed by atoms with Gasteiger partial charge in [0, 0.05) is 7.05 Å². The summed E-state index contributed by atoms with van der Waals surface area (Å²) in [6.45, 7) is 1.89. The number of methoxy groups -OCH3 is 2. The lowest BCUT2D eigenvalue weighted by molar-refractivity contribution is 0.0500. The third-order valence-corrected chi connectivity index (χ3v) is 4.79. The third kappa shape index (κ3) is 5.31. The molecule has 2 heterocycles. The van der Waals surface area contributed by atoms with Crippen molar-refractivity contribution in [2.75, 3.05) is 26.1 Å². The standard InChI is InChI=1S/C15H20N6O7S/c1-5-6-28-13(22)9-8-16-21(2)12(9)29(24,25)20-15(23)19-14-17-10(26-3)7-11(18-14)27-4/h7-8H,5-6H2,1-4H3,(H2,17,18,19,20,23). The molecule has 0 saturated heterocycles. The first-order chi connectivity index (χ1) is 13.7. The molecule has 0 bridgehead atoms. The Morgan fingerprint density at radius 3 is 2.34 bits per heavy atom. The molecule has 0 saturated carbocycles. The maximum absolute atomic E-state index is 12.6. The van der Waals surface area contributed by atoms with Crippen molar-refractivity contribution in [3.63, 3.8) is 0 Å². The fourth-order valence-electron chi connectivity index (χ4n) is 2.12. The molecule has 29 heavy (non-hydrogen) atoms. The predicted molar refractivity (Wildman–Crippen MR) is 98.3 cm³/mol. The van der Waals surface area contributed by atoms with Crippen molar-refractivity contribution in [2.45, 2.75) is 18.4 Å². The molecule has 2 N–H and O–H groups in total. The highest BCUT2D eigenvalue weighted by Gasteiger charge is 2.30. The van der Waals surface area contributed by atoms with Gasteiger partial charge in [0.05, 0.1) is 33.1 Å². The number of urea groups is 1. The Bertz CT molecular complexity index is 982. The first-order valence-electron chi connectivity index (χ1n) is 8.21. The number of carbonyl (C=O) groups is 2. The summed E-state index contributed by atoms with van der Waals surface area (Å²) >= 11 is 0. The second-order valence-corrected chi connectivity index (χ2v) is 7.06. The van der Waals surface area contributed by atoms with Gasteiger partial charge in [0.2, 0.25) is 17.7 Å². The smallest absolute Gasteiger partial charge is 0.342 e. The Hall–Kier alpha value is -3.42. The van der Waals surface area contributed by atoms with Gasteiger partial charge < -0.3 is 14.2 Å². The van der Waals surface area contributed by atoms with Crippen molar-refractivity contribution >= 4 is 28.0 Å². The van der Waals surface area contributed by atoms with Gasteiger partial charge in [-0.25, -0.2) is 14.3 Å². The summed E-state index contributed by atoms with van der Waals surface area (Å²) < 4.78 is 42.8. The molecule has 14 heteroatoms. The van der Waals surface area contributed by atoms with E-state index in [-0.39, 0.29) is 29.9 Å². The first-order valence-corrected chi connectivity index (χ1v) is 9.70. The highest BCUT2D eigenvalue weighted by molar-refractivity contribution is 7.90. The molecule has 0 aliphatic heterocycles. The van der Waals surface area contributed by atoms with Crippen LogP contribution in [0.2, 0.25) is 0 Å². The SMILES string of the molecule is CCCOC(=O)c1cnn(C)c1S(=O)(=O)NC(=O)Nc1nc(OC)cc(OC)n1. The van der Waals surface area contributed by atoms with Crippen LogP contribution >= 0.6 is 0 Å². The van der Waals surface area contributed by atoms with E-state index in [1.807, 2.05) is 0 Å². The maximum atomic E-state index is 12.6. The van der Waals surface area contributed by atoms with Crippen LogP contribution < -0.4 is 19.5 Å². The van der Waals surface area contributed by atoms with Gasteiger partial charge in [-0.15, -0.1) is 0 Å². The van der Waals surface area contributed by atoms with Crippen molar-refractivity contribution in [2.24, 2.45) is 7.05 Å². The number of rotatable bonds is 8. The van der Waals surface area contributed by atoms with E-state index in [0.717, 1.165) is 10.9 Å². The Kier molecular flexibility index (Phi) is 6.93. The van der Waals surface area contributed by atoms with Gasteiger partial charge in [0.25, 0.3) is 10.0 Å². The molecule has 2 amide bonds. The second kappa shape index (κ2) is 9.18. The fourth-order valence-corrected chi connectivity index (χ4v) is 3.34. The van der Waals surface area contributed by atoms with E-state index in [2.05, 4.69) is 20.4 Å². The number of anilines is 1. The van der Waals surface area contributed by atoms with E-state index in [0.29, 0.717) is 6.42 Å². The minimum Gasteiger partial charge on any atom is -0.481 e. The fraction of sp³-hybridized carbons (Fsp3) is 0.400. The molecule has 13 nitrogen and oxygen atoms in total. The number of hydrogen-bond donors (Lipinski definition) is 2. The van der Waals surface area contributed by atoms with E-state index in [9.17, 15) is 18.0 Å². The average molecular weight is 428 g/mol. The van der Waals surface area contributed by atoms with E-state index in [1.165, 1.54) is 27.3 Å². The van der Waals surface area contributed by atoms with Crippen LogP contribution in [0.4, 0.5) is 10.7 Å². The summed E-state index contributed by atoms with van der Waals surface area (Å²) in [5, 5.41) is 5.38. The van der Waals surface area contributed by atoms with E-state index in [4.69, 9.17) is 14.2 Å². The highest BCUT2D eigenvalue weighted by Crippen LogP contribution is 2.18. The topological polar surface area (TPSA) is 164 Å². The lowest BCUT2D eigenvalue weighted by atomic mass is 10.4. The number of hydrogen-bond acceptors (Lipinski definition) is 10. The van der Waals surface area contributed by atoms with Gasteiger partial charge in [0.1, 0.15) is 5.56 Å². The number of sulfonamides is 1. The average Bonchev–Trinajstić information content (AvgIpc) is 3.07. The van der Waals surface area contributed by atoms with Gasteiger partial charge in [0.15, 0.2) is 5.03 Å². The van der Waals surface area contributed by atoms with Crippen molar-refractivity contribution in [1.29, 1.82) is 0 Å². The van der Waals surface area contributed by atoms with Crippen molar-refractivity contribution in [3.05, 3.63) is 17.8 Å². The maximum Gasteiger partial charge on any atom is 0.342 e. The number of nitrogens with one attached hydrogen (secondary N) is 2. The molecule has 0 aliphatic carbocycles. The third-order valence-electron chi connectivity index (χ3n) is 3.35. The monoisotopic (exact) mass is 428 g/mol. The quantitative estimate of drug-likeness (QED) is 0.559. The number of amides is 2. The number of aryl methyl sites for hydroxylation is 1. The van der Waals surface area contributed by atoms with Crippen molar-refractivity contribution in [3.8, 4) is 11.8 Å². The molecule has 0 radical (unpaired) electrons. The van der Waals surface area contributed by atoms with Gasteiger partial charge in [-0.1, -0.05) is 6.92 Å². The van der Waals surface area contributed by atoms with Crippen LogP contribution in [-0.4, -0.2) is 61.0 Å². The largest absolute Gasteiger partial charge is 0.481 e. The van der Waals surface area contributed by atoms with Crippen molar-refractivity contribution < 1.29 is 32.2 Å². The Morgan fingerprint density at radius 1 is 1.17 bits per heavy atom. The molecule has 2 rings (SSSR count). The van der Waals surface area contributed by atoms with Gasteiger partial charge >= 0.3 is 12.0 Å². The highest BCUT2D eigenvalue weighted by atomic mass is 32.2. The van der Waals surface area contributed by atoms with Crippen LogP contribution in [0.1, 0.15) is 23.7 Å². The number of ether oxygens (including phenoxy) is 3. The van der Waals surface area contributed by atoms with Gasteiger partial charge in [-0.2, -0.15) is 23.5 Å². The molecule has 0 aromatic carbocycles. The molecule has 0 unspecified atom stereocenters. The van der Waals surface area contributed by atoms with Gasteiger partial charge in [-0.3, -0.25) is 10.00 Å². The van der Waals surface area contributed by atoms with Crippen LogP contribution in [0.5, 0.6) is 11.8 Å². The van der Waals surface area contributed by atoms with Crippen LogP contribution in [-0.2, 0) is 21.8 Å². The summed E-state index contributed by atoms with van der Waals surface area (Å²) in [7, 11) is -0.485. The number of nitrogens with zero attached hydrogens (tertiary/aromatic N) is 4. The predicted octanol–water partition coefficient (Wildman–Crippen LogP) is 0.305. The van der Waals surface area contributed by atoms with Crippen molar-refractivity contribution in [1.82, 2.24) is 24.5 Å².